The van der Waals surface area contributed by atoms with Crippen LogP contribution in [0.15, 0.2) is 5.10 Å². The molecule has 0 aromatic rings. The number of hydrazone groups is 1. The van der Waals surface area contributed by atoms with Crippen molar-refractivity contribution in [3.63, 3.8) is 0 Å². The Balaban J connectivity index is 4.03. The van der Waals surface area contributed by atoms with E-state index in [4.69, 9.17) is 0 Å². The fraction of sp³-hybridized carbons (Fsp3) is 0.778. The molecule has 1 rings (SSSR count). The Hall–Kier alpha value is -5.28. The van der Waals surface area contributed by atoms with E-state index in [0.29, 0.717) is 0 Å². The highest BCUT2D eigenvalue weighted by molar-refractivity contribution is 6.00. The van der Waals surface area contributed by atoms with E-state index in [0.717, 1.165) is 0 Å². The lowest BCUT2D eigenvalue weighted by Gasteiger charge is -2.29. The number of alkyl halides is 6. The molecule has 1 aliphatic heterocycles. The van der Waals surface area contributed by atoms with Gasteiger partial charge < -0.3 is 4.90 Å². The Kier molecular flexibility index (Phi) is 8.09. The molecule has 1 heterocycles. The first kappa shape index (κ1) is 30.8. The van der Waals surface area contributed by atoms with Gasteiger partial charge in [0.15, 0.2) is 0 Å². The second-order valence-electron chi connectivity index (χ2n) is 6.50. The van der Waals surface area contributed by atoms with Gasteiger partial charge in [0.25, 0.3) is 6.42 Å². The molecular formula is C9H6F6N10O13. The molecule has 1 unspecified atom stereocenters. The van der Waals surface area contributed by atoms with Gasteiger partial charge in [-0.05, 0) is 0 Å². The average Bonchev–Trinajstić information content (AvgIpc) is 3.07. The number of rotatable bonds is 11. The van der Waals surface area contributed by atoms with Gasteiger partial charge in [0, 0.05) is 0 Å². The predicted octanol–water partition coefficient (Wildman–Crippen LogP) is -1.29. The fourth-order valence-corrected chi connectivity index (χ4v) is 2.43. The fourth-order valence-electron chi connectivity index (χ4n) is 2.43. The van der Waals surface area contributed by atoms with Crippen molar-refractivity contribution >= 4 is 11.9 Å². The zero-order valence-electron chi connectivity index (χ0n) is 17.1. The summed E-state index contributed by atoms with van der Waals surface area (Å²) < 4.78 is 82.9. The van der Waals surface area contributed by atoms with Gasteiger partial charge in [0.05, 0.1) is 0 Å². The number of carbonyl (C=O) groups is 1. The van der Waals surface area contributed by atoms with Crippen molar-refractivity contribution in [2.45, 2.75) is 30.7 Å². The van der Waals surface area contributed by atoms with Crippen LogP contribution in [0.25, 0.3) is 0 Å². The predicted molar refractivity (Wildman–Crippen MR) is 92.1 cm³/mol. The first-order valence-electron chi connectivity index (χ1n) is 8.43. The number of hydrogen-bond donors (Lipinski definition) is 0. The lowest BCUT2D eigenvalue weighted by Crippen LogP contribution is -2.62. The molecule has 0 aliphatic carbocycles. The van der Waals surface area contributed by atoms with Crippen LogP contribution in [0, 0.1) is 60.7 Å². The van der Waals surface area contributed by atoms with Gasteiger partial charge in [-0.3, -0.25) is 65.5 Å². The molecular weight excluding hydrogens is 570 g/mol. The van der Waals surface area contributed by atoms with Crippen LogP contribution < -0.4 is 0 Å². The number of hydrogen-bond acceptors (Lipinski definition) is 16. The minimum absolute atomic E-state index is 1.19. The second-order valence-corrected chi connectivity index (χ2v) is 6.50. The van der Waals surface area contributed by atoms with Gasteiger partial charge >= 0.3 is 30.2 Å². The largest absolute Gasteiger partial charge is 0.631 e. The topological polar surface area (TPSA) is 298 Å². The van der Waals surface area contributed by atoms with E-state index in [-0.39, 0.29) is 0 Å². The summed E-state index contributed by atoms with van der Waals surface area (Å²) in [7, 11) is 0. The van der Waals surface area contributed by atoms with E-state index < -0.39 is 100 Å². The number of halogens is 6. The molecule has 0 aromatic heterocycles. The molecule has 0 spiro atoms. The van der Waals surface area contributed by atoms with Gasteiger partial charge in [-0.25, -0.2) is 4.90 Å². The summed E-state index contributed by atoms with van der Waals surface area (Å²) in [6, 6.07) is 0. The molecule has 1 amide bonds. The summed E-state index contributed by atoms with van der Waals surface area (Å²) in [6.07, 6.45) is -14.2. The highest BCUT2D eigenvalue weighted by Gasteiger charge is 2.67. The lowest BCUT2D eigenvalue weighted by atomic mass is 10.3. The third kappa shape index (κ3) is 5.43. The zero-order valence-corrected chi connectivity index (χ0v) is 17.1. The molecule has 0 N–H and O–H groups in total. The molecule has 212 valence electrons. The van der Waals surface area contributed by atoms with Crippen molar-refractivity contribution in [1.82, 2.24) is 14.8 Å². The van der Waals surface area contributed by atoms with Gasteiger partial charge in [-0.2, -0.15) is 17.6 Å². The minimum atomic E-state index is -6.30. The maximum Gasteiger partial charge on any atom is 0.631 e. The quantitative estimate of drug-likeness (QED) is 0.0908. The van der Waals surface area contributed by atoms with Crippen LogP contribution in [0.5, 0.6) is 0 Å². The summed E-state index contributed by atoms with van der Waals surface area (Å²) in [5.74, 6) is -16.7. The van der Waals surface area contributed by atoms with Crippen molar-refractivity contribution < 1.29 is 60.7 Å². The molecule has 29 heteroatoms. The number of nitro groups is 6. The molecule has 1 atom stereocenters. The number of carbonyl (C=O) groups excluding carboxylic acids is 1. The third-order valence-electron chi connectivity index (χ3n) is 4.11. The van der Waals surface area contributed by atoms with Crippen LogP contribution in [-0.4, -0.2) is 100 Å². The highest BCUT2D eigenvalue weighted by atomic mass is 19.4. The normalized spacial score (nSPS) is 16.2. The first-order valence-corrected chi connectivity index (χ1v) is 8.43. The van der Waals surface area contributed by atoms with Crippen molar-refractivity contribution in [2.24, 2.45) is 5.10 Å². The monoisotopic (exact) mass is 576 g/mol. The van der Waals surface area contributed by atoms with Crippen molar-refractivity contribution in [3.05, 3.63) is 60.7 Å². The average molecular weight is 576 g/mol. The van der Waals surface area contributed by atoms with Crippen LogP contribution in [-0.2, 0) is 4.79 Å². The van der Waals surface area contributed by atoms with E-state index in [1.165, 1.54) is 0 Å². The summed E-state index contributed by atoms with van der Waals surface area (Å²) >= 11 is 0. The third-order valence-corrected chi connectivity index (χ3v) is 4.11. The van der Waals surface area contributed by atoms with Gasteiger partial charge in [0.2, 0.25) is 19.0 Å². The minimum Gasteiger partial charge on any atom is -0.306 e. The van der Waals surface area contributed by atoms with Crippen LogP contribution in [0.3, 0.4) is 0 Å². The van der Waals surface area contributed by atoms with E-state index in [1.54, 1.807) is 0 Å². The molecule has 0 radical (unpaired) electrons. The number of amides is 1. The van der Waals surface area contributed by atoms with E-state index in [9.17, 15) is 91.8 Å². The highest BCUT2D eigenvalue weighted by Crippen LogP contribution is 2.31. The van der Waals surface area contributed by atoms with Gasteiger partial charge in [-0.1, -0.05) is 8.78 Å². The Morgan fingerprint density at radius 1 is 0.816 bits per heavy atom. The van der Waals surface area contributed by atoms with Crippen molar-refractivity contribution in [2.75, 3.05) is 13.1 Å². The van der Waals surface area contributed by atoms with Crippen LogP contribution in [0.1, 0.15) is 0 Å². The Labute approximate surface area is 198 Å². The molecule has 1 aliphatic rings. The van der Waals surface area contributed by atoms with E-state index in [2.05, 4.69) is 5.10 Å². The van der Waals surface area contributed by atoms with Crippen molar-refractivity contribution in [1.29, 1.82) is 0 Å². The standard InChI is InChI=1S/C9H6F6N10O13/c10-4-18(3(26)9(13,14)15)5(16-19(4)6(20(27)28)21(29)30)17(1-7(11,22(31)32)23(33)34)2-8(12,24(35)36)25(37)38/h4,6H,1-2H2. The number of guanidine groups is 1. The lowest BCUT2D eigenvalue weighted by molar-refractivity contribution is -0.836. The van der Waals surface area contributed by atoms with E-state index in [1.807, 2.05) is 0 Å². The molecule has 38 heavy (non-hydrogen) atoms. The first-order chi connectivity index (χ1) is 17.0. The number of nitrogens with zero attached hydrogens (tertiary/aromatic N) is 10. The van der Waals surface area contributed by atoms with Gasteiger partial charge in [0.1, 0.15) is 29.5 Å². The van der Waals surface area contributed by atoms with Gasteiger partial charge in [-0.15, -0.1) is 10.1 Å². The van der Waals surface area contributed by atoms with Crippen molar-refractivity contribution in [3.8, 4) is 0 Å². The molecule has 0 bridgehead atoms. The SMILES string of the molecule is O=C(N1C(N(CC(F)([N+](=O)[O-])[N+](=O)[O-])CC(F)([N+](=O)[O-])[N+](=O)[O-])=NN(C([N+](=O)[O-])[N+](=O)[O-])C1F)C(F)(F)F. The van der Waals surface area contributed by atoms with Crippen LogP contribution in [0.4, 0.5) is 26.3 Å². The maximum atomic E-state index is 14.8. The summed E-state index contributed by atoms with van der Waals surface area (Å²) in [5.41, 5.74) is 0. The van der Waals surface area contributed by atoms with Crippen LogP contribution in [0.2, 0.25) is 0 Å². The maximum absolute atomic E-state index is 14.8. The summed E-state index contributed by atoms with van der Waals surface area (Å²) in [4.78, 5) is 60.1. The van der Waals surface area contributed by atoms with E-state index >= 15 is 0 Å². The molecule has 0 fully saturated rings. The summed E-state index contributed by atoms with van der Waals surface area (Å²) in [6.45, 7) is -5.83. The molecule has 0 saturated heterocycles. The molecule has 23 nitrogen and oxygen atoms in total. The second kappa shape index (κ2) is 10.00. The smallest absolute Gasteiger partial charge is 0.306 e. The zero-order chi connectivity index (χ0) is 30.1. The van der Waals surface area contributed by atoms with Crippen LogP contribution >= 0.6 is 0 Å². The Bertz CT molecular complexity index is 1030. The summed E-state index contributed by atoms with van der Waals surface area (Å²) in [5, 5.41) is 66.5. The Morgan fingerprint density at radius 2 is 1.16 bits per heavy atom. The molecule has 0 aromatic carbocycles. The molecule has 0 saturated carbocycles. The Morgan fingerprint density at radius 3 is 1.42 bits per heavy atom.